The van der Waals surface area contributed by atoms with Crippen LogP contribution in [0.5, 0.6) is 0 Å². The maximum absolute atomic E-state index is 13.0. The third-order valence-electron chi connectivity index (χ3n) is 5.78. The van der Waals surface area contributed by atoms with Crippen molar-refractivity contribution in [1.29, 1.82) is 0 Å². The van der Waals surface area contributed by atoms with Crippen LogP contribution in [0, 0.1) is 0 Å². The van der Waals surface area contributed by atoms with Crippen molar-refractivity contribution in [2.24, 2.45) is 0 Å². The number of carbonyl (C=O) groups is 3. The Labute approximate surface area is 167 Å². The average Bonchev–Trinajstić information content (AvgIpc) is 3.21. The zero-order valence-corrected chi connectivity index (χ0v) is 16.3. The van der Waals surface area contributed by atoms with Gasteiger partial charge in [-0.2, -0.15) is 11.3 Å². The highest BCUT2D eigenvalue weighted by Crippen LogP contribution is 2.37. The van der Waals surface area contributed by atoms with E-state index in [-0.39, 0.29) is 11.8 Å². The van der Waals surface area contributed by atoms with Crippen LogP contribution < -0.4 is 10.6 Å². The van der Waals surface area contributed by atoms with Gasteiger partial charge in [0.1, 0.15) is 6.04 Å². The van der Waals surface area contributed by atoms with Gasteiger partial charge >= 0.3 is 0 Å². The van der Waals surface area contributed by atoms with Crippen LogP contribution in [0.2, 0.25) is 0 Å². The molecule has 1 aromatic carbocycles. The van der Waals surface area contributed by atoms with Crippen LogP contribution in [0.4, 0.5) is 0 Å². The van der Waals surface area contributed by atoms with Gasteiger partial charge in [-0.15, -0.1) is 0 Å². The van der Waals surface area contributed by atoms with Crippen molar-refractivity contribution in [3.8, 4) is 0 Å². The smallest absolute Gasteiger partial charge is 0.245 e. The quantitative estimate of drug-likeness (QED) is 0.752. The maximum atomic E-state index is 13.0. The van der Waals surface area contributed by atoms with Crippen molar-refractivity contribution >= 4 is 29.6 Å². The van der Waals surface area contributed by atoms with Gasteiger partial charge in [0, 0.05) is 19.5 Å². The highest BCUT2D eigenvalue weighted by Gasteiger charge is 2.43. The number of hydrogen-bond acceptors (Lipinski definition) is 4. The van der Waals surface area contributed by atoms with Gasteiger partial charge in [0.15, 0.2) is 0 Å². The van der Waals surface area contributed by atoms with Crippen LogP contribution in [0.15, 0.2) is 41.1 Å². The lowest BCUT2D eigenvalue weighted by Gasteiger charge is -2.46. The van der Waals surface area contributed by atoms with Crippen molar-refractivity contribution in [1.82, 2.24) is 15.5 Å². The number of likely N-dealkylation sites (tertiary alicyclic amines) is 1. The Morgan fingerprint density at radius 2 is 2.07 bits per heavy atom. The van der Waals surface area contributed by atoms with E-state index in [2.05, 4.69) is 16.7 Å². The first-order valence-electron chi connectivity index (χ1n) is 9.50. The van der Waals surface area contributed by atoms with Crippen LogP contribution in [0.1, 0.15) is 29.5 Å². The molecule has 1 atom stereocenters. The number of rotatable bonds is 5. The molecule has 3 amide bonds. The number of carbonyl (C=O) groups excluding carboxylic acids is 3. The minimum absolute atomic E-state index is 0.0384. The summed E-state index contributed by atoms with van der Waals surface area (Å²) >= 11 is 1.57. The van der Waals surface area contributed by atoms with Gasteiger partial charge in [0.2, 0.25) is 18.2 Å². The second kappa shape index (κ2) is 7.75. The van der Waals surface area contributed by atoms with Gasteiger partial charge < -0.3 is 15.5 Å². The minimum Gasteiger partial charge on any atom is -0.347 e. The molecule has 146 valence electrons. The first-order chi connectivity index (χ1) is 13.6. The van der Waals surface area contributed by atoms with Crippen molar-refractivity contribution in [2.75, 3.05) is 13.1 Å². The Kier molecular flexibility index (Phi) is 5.17. The number of nitrogens with zero attached hydrogens (tertiary/aromatic N) is 1. The lowest BCUT2D eigenvalue weighted by Crippen LogP contribution is -2.58. The number of benzene rings is 1. The normalized spacial score (nSPS) is 18.9. The number of piperidine rings is 1. The van der Waals surface area contributed by atoms with Gasteiger partial charge in [-0.25, -0.2) is 0 Å². The molecule has 3 heterocycles. The standard InChI is InChI=1S/C21H23N3O3S/c25-14-22-18(11-15-5-10-28-13-15)20(27)24-8-6-21(7-9-24)17-4-2-1-3-16(17)12-19(26)23-21/h1-5,10,13-14,18H,6-9,11-12H2,(H,22,25)(H,23,26). The third kappa shape index (κ3) is 3.54. The summed E-state index contributed by atoms with van der Waals surface area (Å²) in [6.45, 7) is 1.10. The summed E-state index contributed by atoms with van der Waals surface area (Å²) in [6.07, 6.45) is 2.84. The van der Waals surface area contributed by atoms with E-state index in [0.29, 0.717) is 45.2 Å². The second-order valence-electron chi connectivity index (χ2n) is 7.46. The largest absolute Gasteiger partial charge is 0.347 e. The molecule has 0 aliphatic carbocycles. The van der Waals surface area contributed by atoms with E-state index < -0.39 is 11.6 Å². The highest BCUT2D eigenvalue weighted by molar-refractivity contribution is 7.07. The zero-order valence-electron chi connectivity index (χ0n) is 15.5. The van der Waals surface area contributed by atoms with Gasteiger partial charge in [0.05, 0.1) is 12.0 Å². The number of fused-ring (bicyclic) bond motifs is 2. The van der Waals surface area contributed by atoms with Gasteiger partial charge in [-0.3, -0.25) is 14.4 Å². The molecule has 2 aromatic rings. The molecule has 7 heteroatoms. The maximum Gasteiger partial charge on any atom is 0.245 e. The Balaban J connectivity index is 1.48. The fourth-order valence-corrected chi connectivity index (χ4v) is 5.04. The van der Waals surface area contributed by atoms with Crippen molar-refractivity contribution in [2.45, 2.75) is 37.3 Å². The first kappa shape index (κ1) is 18.7. The summed E-state index contributed by atoms with van der Waals surface area (Å²) < 4.78 is 0. The zero-order chi connectivity index (χ0) is 19.6. The topological polar surface area (TPSA) is 78.5 Å². The number of amides is 3. The lowest BCUT2D eigenvalue weighted by molar-refractivity contribution is -0.137. The fourth-order valence-electron chi connectivity index (χ4n) is 4.36. The molecule has 2 aliphatic rings. The van der Waals surface area contributed by atoms with E-state index in [0.717, 1.165) is 11.1 Å². The van der Waals surface area contributed by atoms with Crippen LogP contribution in [-0.2, 0) is 32.8 Å². The summed E-state index contributed by atoms with van der Waals surface area (Å²) in [4.78, 5) is 38.1. The molecule has 0 bridgehead atoms. The van der Waals surface area contributed by atoms with E-state index >= 15 is 0 Å². The molecule has 0 saturated carbocycles. The number of nitrogens with one attached hydrogen (secondary N) is 2. The van der Waals surface area contributed by atoms with Crippen molar-refractivity contribution in [3.63, 3.8) is 0 Å². The molecule has 1 unspecified atom stereocenters. The first-order valence-corrected chi connectivity index (χ1v) is 10.4. The van der Waals surface area contributed by atoms with Gasteiger partial charge in [-0.1, -0.05) is 24.3 Å². The molecular formula is C21H23N3O3S. The van der Waals surface area contributed by atoms with Crippen molar-refractivity contribution < 1.29 is 14.4 Å². The number of hydrogen-bond donors (Lipinski definition) is 2. The average molecular weight is 398 g/mol. The SMILES string of the molecule is O=CNC(Cc1ccsc1)C(=O)N1CCC2(CC1)NC(=O)Cc1ccccc12. The second-order valence-corrected chi connectivity index (χ2v) is 8.24. The Morgan fingerprint density at radius 3 is 2.79 bits per heavy atom. The third-order valence-corrected chi connectivity index (χ3v) is 6.51. The predicted octanol–water partition coefficient (Wildman–Crippen LogP) is 1.60. The highest BCUT2D eigenvalue weighted by atomic mass is 32.1. The molecule has 28 heavy (non-hydrogen) atoms. The van der Waals surface area contributed by atoms with Crippen LogP contribution in [-0.4, -0.2) is 42.3 Å². The molecule has 1 aromatic heterocycles. The Hall–Kier alpha value is -2.67. The molecular weight excluding hydrogens is 374 g/mol. The molecule has 1 saturated heterocycles. The fraction of sp³-hybridized carbons (Fsp3) is 0.381. The monoisotopic (exact) mass is 397 g/mol. The van der Waals surface area contributed by atoms with Gasteiger partial charge in [-0.05, 0) is 46.4 Å². The van der Waals surface area contributed by atoms with E-state index in [1.54, 1.807) is 11.3 Å². The van der Waals surface area contributed by atoms with E-state index in [9.17, 15) is 14.4 Å². The minimum atomic E-state index is -0.561. The van der Waals surface area contributed by atoms with Crippen LogP contribution in [0.3, 0.4) is 0 Å². The molecule has 4 rings (SSSR count). The Morgan fingerprint density at radius 1 is 1.29 bits per heavy atom. The van der Waals surface area contributed by atoms with Crippen LogP contribution >= 0.6 is 11.3 Å². The summed E-state index contributed by atoms with van der Waals surface area (Å²) in [7, 11) is 0. The van der Waals surface area contributed by atoms with Crippen molar-refractivity contribution in [3.05, 3.63) is 57.8 Å². The van der Waals surface area contributed by atoms with E-state index in [1.165, 1.54) is 5.56 Å². The molecule has 6 nitrogen and oxygen atoms in total. The lowest BCUT2D eigenvalue weighted by atomic mass is 9.75. The number of thiophene rings is 1. The predicted molar refractivity (Wildman–Crippen MR) is 107 cm³/mol. The molecule has 1 spiro atoms. The van der Waals surface area contributed by atoms with Gasteiger partial charge in [0.25, 0.3) is 0 Å². The molecule has 2 N–H and O–H groups in total. The summed E-state index contributed by atoms with van der Waals surface area (Å²) in [5, 5.41) is 9.82. The molecule has 1 fully saturated rings. The summed E-state index contributed by atoms with van der Waals surface area (Å²) in [5.74, 6) is -0.0278. The van der Waals surface area contributed by atoms with E-state index in [1.807, 2.05) is 39.9 Å². The van der Waals surface area contributed by atoms with Crippen LogP contribution in [0.25, 0.3) is 0 Å². The molecule has 2 aliphatic heterocycles. The molecule has 0 radical (unpaired) electrons. The summed E-state index contributed by atoms with van der Waals surface area (Å²) in [6, 6.07) is 9.47. The van der Waals surface area contributed by atoms with E-state index in [4.69, 9.17) is 0 Å². The Bertz CT molecular complexity index is 873. The summed E-state index contributed by atoms with van der Waals surface area (Å²) in [5.41, 5.74) is 2.88.